The maximum Gasteiger partial charge on any atom is 0.106 e. The van der Waals surface area contributed by atoms with Gasteiger partial charge in [0.25, 0.3) is 0 Å². The zero-order valence-corrected chi connectivity index (χ0v) is 10.1. The van der Waals surface area contributed by atoms with Gasteiger partial charge in [-0.1, -0.05) is 40.2 Å². The Hall–Kier alpha value is -0.0300. The number of thiol groups is 1. The van der Waals surface area contributed by atoms with Gasteiger partial charge in [0.15, 0.2) is 0 Å². The summed E-state index contributed by atoms with van der Waals surface area (Å²) in [6.45, 7) is 0. The average Bonchev–Trinajstić information content (AvgIpc) is 2.27. The predicted molar refractivity (Wildman–Crippen MR) is 63.9 cm³/mol. The first kappa shape index (κ1) is 12.0. The van der Waals surface area contributed by atoms with E-state index in [-0.39, 0.29) is 5.75 Å². The van der Waals surface area contributed by atoms with Gasteiger partial charge in [0.2, 0.25) is 0 Å². The molecule has 1 rings (SSSR count). The Labute approximate surface area is 97.5 Å². The molecule has 2 atom stereocenters. The summed E-state index contributed by atoms with van der Waals surface area (Å²) >= 11 is 7.27. The molecule has 0 aliphatic heterocycles. The molecule has 1 aromatic rings. The van der Waals surface area contributed by atoms with Gasteiger partial charge in [0.1, 0.15) is 6.10 Å². The largest absolute Gasteiger partial charge is 0.389 e. The van der Waals surface area contributed by atoms with Gasteiger partial charge in [-0.2, -0.15) is 12.6 Å². The summed E-state index contributed by atoms with van der Waals surface area (Å²) in [5, 5.41) is 19.8. The fraction of sp³-hybridized carbons (Fsp3) is 0.400. The van der Waals surface area contributed by atoms with E-state index in [1.807, 2.05) is 18.2 Å². The van der Waals surface area contributed by atoms with Crippen molar-refractivity contribution in [3.8, 4) is 0 Å². The van der Waals surface area contributed by atoms with Crippen LogP contribution in [0.4, 0.5) is 0 Å². The second kappa shape index (κ2) is 5.75. The third-order valence-electron chi connectivity index (χ3n) is 2.00. The number of aliphatic hydroxyl groups excluding tert-OH is 2. The van der Waals surface area contributed by atoms with Crippen LogP contribution in [0, 0.1) is 0 Å². The lowest BCUT2D eigenvalue weighted by Crippen LogP contribution is -2.19. The summed E-state index contributed by atoms with van der Waals surface area (Å²) < 4.78 is 0. The van der Waals surface area contributed by atoms with Gasteiger partial charge < -0.3 is 10.2 Å². The number of hydrogen-bond acceptors (Lipinski definition) is 3. The third-order valence-corrected chi connectivity index (χ3v) is 3.02. The molecule has 2 N–H and O–H groups in total. The molecule has 2 unspecified atom stereocenters. The van der Waals surface area contributed by atoms with Gasteiger partial charge in [-0.05, 0) is 11.1 Å². The molecule has 0 saturated carbocycles. The molecule has 0 aliphatic carbocycles. The van der Waals surface area contributed by atoms with E-state index >= 15 is 0 Å². The number of halogens is 1. The third kappa shape index (κ3) is 2.98. The lowest BCUT2D eigenvalue weighted by Gasteiger charge is -2.16. The Kier molecular flexibility index (Phi) is 4.95. The standard InChI is InChI=1S/C10H13BrO2S/c11-5-7-2-1-3-8(4-7)10(13)9(12)6-14/h1-4,9-10,12-14H,5-6H2. The van der Waals surface area contributed by atoms with Crippen molar-refractivity contribution in [1.29, 1.82) is 0 Å². The summed E-state index contributed by atoms with van der Waals surface area (Å²) in [5.74, 6) is 0.250. The van der Waals surface area contributed by atoms with Crippen LogP contribution >= 0.6 is 28.6 Å². The Morgan fingerprint density at radius 1 is 1.36 bits per heavy atom. The second-order valence-electron chi connectivity index (χ2n) is 3.07. The molecule has 78 valence electrons. The minimum absolute atomic E-state index is 0.250. The zero-order chi connectivity index (χ0) is 10.6. The molecule has 1 aromatic carbocycles. The number of aliphatic hydroxyl groups is 2. The van der Waals surface area contributed by atoms with Crippen molar-refractivity contribution in [2.75, 3.05) is 5.75 Å². The van der Waals surface area contributed by atoms with E-state index in [0.717, 1.165) is 16.5 Å². The molecule has 0 aromatic heterocycles. The molecule has 0 heterocycles. The monoisotopic (exact) mass is 276 g/mol. The van der Waals surface area contributed by atoms with Crippen LogP contribution in [0.2, 0.25) is 0 Å². The zero-order valence-electron chi connectivity index (χ0n) is 7.60. The molecule has 0 bridgehead atoms. The van der Waals surface area contributed by atoms with E-state index in [2.05, 4.69) is 28.6 Å². The van der Waals surface area contributed by atoms with Crippen LogP contribution in [-0.4, -0.2) is 22.1 Å². The molecular formula is C10H13BrO2S. The Morgan fingerprint density at radius 3 is 2.64 bits per heavy atom. The Morgan fingerprint density at radius 2 is 2.07 bits per heavy atom. The highest BCUT2D eigenvalue weighted by molar-refractivity contribution is 9.08. The first-order valence-electron chi connectivity index (χ1n) is 4.31. The van der Waals surface area contributed by atoms with Crippen molar-refractivity contribution in [3.05, 3.63) is 35.4 Å². The van der Waals surface area contributed by atoms with Crippen LogP contribution in [0.5, 0.6) is 0 Å². The number of rotatable bonds is 4. The molecule has 0 radical (unpaired) electrons. The van der Waals surface area contributed by atoms with Crippen molar-refractivity contribution < 1.29 is 10.2 Å². The van der Waals surface area contributed by atoms with Crippen LogP contribution in [0.15, 0.2) is 24.3 Å². The molecule has 0 amide bonds. The molecule has 2 nitrogen and oxygen atoms in total. The second-order valence-corrected chi connectivity index (χ2v) is 4.00. The van der Waals surface area contributed by atoms with E-state index in [1.54, 1.807) is 6.07 Å². The molecule has 0 saturated heterocycles. The maximum atomic E-state index is 9.69. The lowest BCUT2D eigenvalue weighted by atomic mass is 10.0. The van der Waals surface area contributed by atoms with Gasteiger partial charge in [-0.15, -0.1) is 0 Å². The van der Waals surface area contributed by atoms with E-state index in [9.17, 15) is 10.2 Å². The van der Waals surface area contributed by atoms with Crippen LogP contribution in [0.1, 0.15) is 17.2 Å². The average molecular weight is 277 g/mol. The van der Waals surface area contributed by atoms with Crippen molar-refractivity contribution in [2.45, 2.75) is 17.5 Å². The lowest BCUT2D eigenvalue weighted by molar-refractivity contribution is 0.0337. The summed E-state index contributed by atoms with van der Waals surface area (Å²) in [6, 6.07) is 7.48. The number of hydrogen-bond donors (Lipinski definition) is 3. The fourth-order valence-electron chi connectivity index (χ4n) is 1.18. The molecule has 0 spiro atoms. The van der Waals surface area contributed by atoms with E-state index in [1.165, 1.54) is 0 Å². The smallest absolute Gasteiger partial charge is 0.106 e. The van der Waals surface area contributed by atoms with Crippen LogP contribution < -0.4 is 0 Å². The first-order chi connectivity index (χ1) is 6.69. The summed E-state index contributed by atoms with van der Waals surface area (Å²) in [6.07, 6.45) is -1.67. The molecule has 0 fully saturated rings. The van der Waals surface area contributed by atoms with E-state index in [4.69, 9.17) is 0 Å². The van der Waals surface area contributed by atoms with E-state index < -0.39 is 12.2 Å². The van der Waals surface area contributed by atoms with Crippen LogP contribution in [-0.2, 0) is 5.33 Å². The van der Waals surface area contributed by atoms with Crippen LogP contribution in [0.25, 0.3) is 0 Å². The van der Waals surface area contributed by atoms with Crippen molar-refractivity contribution in [2.24, 2.45) is 0 Å². The fourth-order valence-corrected chi connectivity index (χ4v) is 1.73. The van der Waals surface area contributed by atoms with Gasteiger partial charge >= 0.3 is 0 Å². The molecule has 14 heavy (non-hydrogen) atoms. The van der Waals surface area contributed by atoms with Crippen molar-refractivity contribution in [3.63, 3.8) is 0 Å². The summed E-state index contributed by atoms with van der Waals surface area (Å²) in [4.78, 5) is 0. The van der Waals surface area contributed by atoms with Gasteiger partial charge in [0.05, 0.1) is 6.10 Å². The summed E-state index contributed by atoms with van der Waals surface area (Å²) in [7, 11) is 0. The van der Waals surface area contributed by atoms with Gasteiger partial charge in [-0.25, -0.2) is 0 Å². The summed E-state index contributed by atoms with van der Waals surface area (Å²) in [5.41, 5.74) is 1.80. The highest BCUT2D eigenvalue weighted by Crippen LogP contribution is 2.19. The molecule has 4 heteroatoms. The van der Waals surface area contributed by atoms with Crippen molar-refractivity contribution in [1.82, 2.24) is 0 Å². The van der Waals surface area contributed by atoms with Gasteiger partial charge in [0, 0.05) is 11.1 Å². The highest BCUT2D eigenvalue weighted by Gasteiger charge is 2.16. The normalized spacial score (nSPS) is 15.1. The highest BCUT2D eigenvalue weighted by atomic mass is 79.9. The first-order valence-corrected chi connectivity index (χ1v) is 6.06. The van der Waals surface area contributed by atoms with Crippen molar-refractivity contribution >= 4 is 28.6 Å². The topological polar surface area (TPSA) is 40.5 Å². The Bertz CT molecular complexity index is 293. The maximum absolute atomic E-state index is 9.69. The minimum atomic E-state index is -0.855. The van der Waals surface area contributed by atoms with E-state index in [0.29, 0.717) is 0 Å². The van der Waals surface area contributed by atoms with Crippen LogP contribution in [0.3, 0.4) is 0 Å². The molecule has 0 aliphatic rings. The van der Waals surface area contributed by atoms with Gasteiger partial charge in [-0.3, -0.25) is 0 Å². The molecular weight excluding hydrogens is 264 g/mol. The SMILES string of the molecule is OC(CS)C(O)c1cccc(CBr)c1. The number of alkyl halides is 1. The predicted octanol–water partition coefficient (Wildman–Crippen LogP) is 1.91. The Balaban J connectivity index is 2.83. The quantitative estimate of drug-likeness (QED) is 0.581. The number of benzene rings is 1. The minimum Gasteiger partial charge on any atom is -0.389 e.